The van der Waals surface area contributed by atoms with E-state index in [4.69, 9.17) is 0 Å². The topological polar surface area (TPSA) is 76.1 Å². The molecule has 0 aliphatic carbocycles. The fourth-order valence-electron chi connectivity index (χ4n) is 2.11. The molecule has 0 radical (unpaired) electrons. The highest BCUT2D eigenvalue weighted by Gasteiger charge is 2.27. The number of amides is 1. The standard InChI is InChI=1S/C12H15BrN2O3S/c13-11-3-2-10(7-14-11)15-12(16)4-1-9-5-6-19(17,18)8-9/h2-3,7,9H,1,4-6,8H2,(H,15,16). The molecule has 104 valence electrons. The Balaban J connectivity index is 1.78. The van der Waals surface area contributed by atoms with Crippen molar-refractivity contribution in [2.24, 2.45) is 5.92 Å². The van der Waals surface area contributed by atoms with E-state index < -0.39 is 9.84 Å². The first kappa shape index (κ1) is 14.5. The van der Waals surface area contributed by atoms with Crippen LogP contribution in [-0.4, -0.2) is 30.8 Å². The van der Waals surface area contributed by atoms with Gasteiger partial charge in [0.1, 0.15) is 4.60 Å². The van der Waals surface area contributed by atoms with E-state index in [1.54, 1.807) is 18.3 Å². The largest absolute Gasteiger partial charge is 0.325 e. The number of halogens is 1. The van der Waals surface area contributed by atoms with Gasteiger partial charge in [-0.05, 0) is 46.8 Å². The predicted octanol–water partition coefficient (Wildman–Crippen LogP) is 2.00. The van der Waals surface area contributed by atoms with Gasteiger partial charge in [-0.15, -0.1) is 0 Å². The van der Waals surface area contributed by atoms with Crippen LogP contribution in [0.25, 0.3) is 0 Å². The van der Waals surface area contributed by atoms with Gasteiger partial charge in [0.05, 0.1) is 23.4 Å². The number of pyridine rings is 1. The van der Waals surface area contributed by atoms with Crippen LogP contribution in [0.5, 0.6) is 0 Å². The van der Waals surface area contributed by atoms with Gasteiger partial charge in [0, 0.05) is 6.42 Å². The van der Waals surface area contributed by atoms with Crippen molar-refractivity contribution in [3.8, 4) is 0 Å². The second-order valence-corrected chi connectivity index (χ2v) is 7.77. The highest BCUT2D eigenvalue weighted by molar-refractivity contribution is 9.10. The van der Waals surface area contributed by atoms with Crippen LogP contribution >= 0.6 is 15.9 Å². The molecule has 1 saturated heterocycles. The zero-order chi connectivity index (χ0) is 13.9. The van der Waals surface area contributed by atoms with E-state index in [2.05, 4.69) is 26.2 Å². The number of nitrogens with zero attached hydrogens (tertiary/aromatic N) is 1. The highest BCUT2D eigenvalue weighted by atomic mass is 79.9. The summed E-state index contributed by atoms with van der Waals surface area (Å²) in [4.78, 5) is 15.7. The summed E-state index contributed by atoms with van der Waals surface area (Å²) >= 11 is 3.22. The van der Waals surface area contributed by atoms with Gasteiger partial charge >= 0.3 is 0 Å². The van der Waals surface area contributed by atoms with E-state index >= 15 is 0 Å². The van der Waals surface area contributed by atoms with E-state index in [1.165, 1.54) is 0 Å². The minimum atomic E-state index is -2.85. The van der Waals surface area contributed by atoms with E-state index in [-0.39, 0.29) is 23.3 Å². The van der Waals surface area contributed by atoms with Gasteiger partial charge in [0.25, 0.3) is 0 Å². The third-order valence-corrected chi connectivity index (χ3v) is 5.42. The van der Waals surface area contributed by atoms with Crippen molar-refractivity contribution in [2.75, 3.05) is 16.8 Å². The number of rotatable bonds is 4. The van der Waals surface area contributed by atoms with Crippen LogP contribution in [0, 0.1) is 5.92 Å². The Kier molecular flexibility index (Phi) is 4.57. The molecule has 1 N–H and O–H groups in total. The normalized spacial score (nSPS) is 21.2. The number of carbonyl (C=O) groups is 1. The van der Waals surface area contributed by atoms with Gasteiger partial charge in [-0.1, -0.05) is 0 Å². The van der Waals surface area contributed by atoms with Crippen LogP contribution < -0.4 is 5.32 Å². The first-order valence-electron chi connectivity index (χ1n) is 6.06. The molecule has 2 heterocycles. The smallest absolute Gasteiger partial charge is 0.224 e. The summed E-state index contributed by atoms with van der Waals surface area (Å²) in [5.74, 6) is 0.503. The maximum atomic E-state index is 11.7. The van der Waals surface area contributed by atoms with Crippen LogP contribution in [0.2, 0.25) is 0 Å². The van der Waals surface area contributed by atoms with Crippen LogP contribution in [0.3, 0.4) is 0 Å². The molecule has 0 spiro atoms. The van der Waals surface area contributed by atoms with Crippen molar-refractivity contribution >= 4 is 37.4 Å². The van der Waals surface area contributed by atoms with Gasteiger partial charge in [-0.2, -0.15) is 0 Å². The summed E-state index contributed by atoms with van der Waals surface area (Å²) in [6.45, 7) is 0. The zero-order valence-electron chi connectivity index (χ0n) is 10.3. The summed E-state index contributed by atoms with van der Waals surface area (Å²) in [5, 5.41) is 2.74. The molecule has 1 fully saturated rings. The summed E-state index contributed by atoms with van der Waals surface area (Å²) in [6, 6.07) is 3.51. The first-order valence-corrected chi connectivity index (χ1v) is 8.68. The lowest BCUT2D eigenvalue weighted by Crippen LogP contribution is -2.14. The average molecular weight is 347 g/mol. The Morgan fingerprint density at radius 3 is 2.84 bits per heavy atom. The minimum absolute atomic E-state index is 0.103. The zero-order valence-corrected chi connectivity index (χ0v) is 12.7. The number of carbonyl (C=O) groups excluding carboxylic acids is 1. The maximum Gasteiger partial charge on any atom is 0.224 e. The summed E-state index contributed by atoms with van der Waals surface area (Å²) in [5.41, 5.74) is 0.646. The number of aromatic nitrogens is 1. The molecule has 5 nitrogen and oxygen atoms in total. The molecule has 7 heteroatoms. The number of nitrogens with one attached hydrogen (secondary N) is 1. The quantitative estimate of drug-likeness (QED) is 0.846. The van der Waals surface area contributed by atoms with Crippen LogP contribution in [0.4, 0.5) is 5.69 Å². The molecule has 19 heavy (non-hydrogen) atoms. The van der Waals surface area contributed by atoms with Crippen molar-refractivity contribution in [3.05, 3.63) is 22.9 Å². The fourth-order valence-corrected chi connectivity index (χ4v) is 4.25. The molecule has 0 bridgehead atoms. The Morgan fingerprint density at radius 1 is 1.47 bits per heavy atom. The third-order valence-electron chi connectivity index (χ3n) is 3.12. The molecular weight excluding hydrogens is 332 g/mol. The number of sulfone groups is 1. The number of hydrogen-bond donors (Lipinski definition) is 1. The highest BCUT2D eigenvalue weighted by Crippen LogP contribution is 2.23. The fraction of sp³-hybridized carbons (Fsp3) is 0.500. The van der Waals surface area contributed by atoms with Crippen molar-refractivity contribution < 1.29 is 13.2 Å². The Labute approximate surface area is 120 Å². The van der Waals surface area contributed by atoms with Crippen LogP contribution in [0.1, 0.15) is 19.3 Å². The molecule has 0 saturated carbocycles. The lowest BCUT2D eigenvalue weighted by molar-refractivity contribution is -0.116. The molecule has 1 aliphatic rings. The lowest BCUT2D eigenvalue weighted by Gasteiger charge is -2.08. The van der Waals surface area contributed by atoms with E-state index in [9.17, 15) is 13.2 Å². The SMILES string of the molecule is O=C(CCC1CCS(=O)(=O)C1)Nc1ccc(Br)nc1. The Morgan fingerprint density at radius 2 is 2.26 bits per heavy atom. The van der Waals surface area contributed by atoms with Crippen molar-refractivity contribution in [1.82, 2.24) is 4.98 Å². The molecule has 1 aromatic heterocycles. The summed E-state index contributed by atoms with van der Waals surface area (Å²) in [7, 11) is -2.85. The van der Waals surface area contributed by atoms with Gasteiger partial charge in [-0.3, -0.25) is 4.79 Å². The first-order chi connectivity index (χ1) is 8.94. The summed E-state index contributed by atoms with van der Waals surface area (Å²) < 4.78 is 23.3. The van der Waals surface area contributed by atoms with Crippen molar-refractivity contribution in [2.45, 2.75) is 19.3 Å². The minimum Gasteiger partial charge on any atom is -0.325 e. The van der Waals surface area contributed by atoms with Crippen molar-refractivity contribution in [3.63, 3.8) is 0 Å². The second kappa shape index (κ2) is 6.00. The number of anilines is 1. The molecule has 2 rings (SSSR count). The molecule has 1 unspecified atom stereocenters. The van der Waals surface area contributed by atoms with Gasteiger partial charge in [0.2, 0.25) is 5.91 Å². The van der Waals surface area contributed by atoms with Crippen molar-refractivity contribution in [1.29, 1.82) is 0 Å². The monoisotopic (exact) mass is 346 g/mol. The molecule has 1 aliphatic heterocycles. The average Bonchev–Trinajstić information content (AvgIpc) is 2.69. The summed E-state index contributed by atoms with van der Waals surface area (Å²) in [6.07, 6.45) is 3.21. The second-order valence-electron chi connectivity index (χ2n) is 4.73. The predicted molar refractivity (Wildman–Crippen MR) is 76.6 cm³/mol. The van der Waals surface area contributed by atoms with E-state index in [0.717, 1.165) is 0 Å². The van der Waals surface area contributed by atoms with Crippen LogP contribution in [-0.2, 0) is 14.6 Å². The number of hydrogen-bond acceptors (Lipinski definition) is 4. The molecule has 1 atom stereocenters. The third kappa shape index (κ3) is 4.58. The maximum absolute atomic E-state index is 11.7. The molecular formula is C12H15BrN2O3S. The molecule has 0 aromatic carbocycles. The van der Waals surface area contributed by atoms with E-state index in [0.29, 0.717) is 29.6 Å². The van der Waals surface area contributed by atoms with Crippen LogP contribution in [0.15, 0.2) is 22.9 Å². The Hall–Kier alpha value is -0.950. The molecule has 1 aromatic rings. The Bertz CT molecular complexity index is 557. The van der Waals surface area contributed by atoms with Gasteiger partial charge < -0.3 is 5.32 Å². The van der Waals surface area contributed by atoms with Gasteiger partial charge in [-0.25, -0.2) is 13.4 Å². The van der Waals surface area contributed by atoms with E-state index in [1.807, 2.05) is 0 Å². The van der Waals surface area contributed by atoms with Gasteiger partial charge in [0.15, 0.2) is 9.84 Å². The molecule has 1 amide bonds. The lowest BCUT2D eigenvalue weighted by atomic mass is 10.0.